The number of anilines is 2. The summed E-state index contributed by atoms with van der Waals surface area (Å²) in [4.78, 5) is 22.9. The molecule has 2 N–H and O–H groups in total. The van der Waals surface area contributed by atoms with Crippen LogP contribution in [0.1, 0.15) is 41.6 Å². The van der Waals surface area contributed by atoms with E-state index in [1.165, 1.54) is 19.1 Å². The van der Waals surface area contributed by atoms with Crippen LogP contribution in [0.4, 0.5) is 20.5 Å². The number of aromatic nitrogens is 2. The zero-order valence-corrected chi connectivity index (χ0v) is 17.0. The normalized spacial score (nSPS) is 18.9. The second-order valence-electron chi connectivity index (χ2n) is 7.76. The van der Waals surface area contributed by atoms with E-state index in [1.807, 2.05) is 25.1 Å². The fourth-order valence-corrected chi connectivity index (χ4v) is 3.51. The number of nitrogens with one attached hydrogen (secondary N) is 2. The lowest BCUT2D eigenvalue weighted by atomic mass is 9.86. The molecule has 1 aliphatic rings. The van der Waals surface area contributed by atoms with Gasteiger partial charge in [-0.1, -0.05) is 6.07 Å². The van der Waals surface area contributed by atoms with Crippen molar-refractivity contribution < 1.29 is 13.6 Å². The minimum atomic E-state index is -1.09. The number of carbonyl (C=O) groups is 1. The largest absolute Gasteiger partial charge is 0.363 e. The summed E-state index contributed by atoms with van der Waals surface area (Å²) in [5.74, 6) is -0.858. The number of hydrogen-bond acceptors (Lipinski definition) is 5. The summed E-state index contributed by atoms with van der Waals surface area (Å²) in [5.41, 5.74) is -0.0636. The maximum atomic E-state index is 14.0. The number of aryl methyl sites for hydroxylation is 1. The molecule has 1 aliphatic carbocycles. The predicted molar refractivity (Wildman–Crippen MR) is 109 cm³/mol. The van der Waals surface area contributed by atoms with E-state index in [1.54, 1.807) is 6.20 Å². The minimum absolute atomic E-state index is 0.185. The van der Waals surface area contributed by atoms with E-state index in [2.05, 4.69) is 20.6 Å². The van der Waals surface area contributed by atoms with Gasteiger partial charge in [0.1, 0.15) is 5.82 Å². The van der Waals surface area contributed by atoms with Crippen molar-refractivity contribution in [3.05, 3.63) is 47.2 Å². The lowest BCUT2D eigenvalue weighted by Crippen LogP contribution is -2.34. The first-order valence-corrected chi connectivity index (χ1v) is 9.85. The second kappa shape index (κ2) is 9.15. The zero-order valence-electron chi connectivity index (χ0n) is 17.0. The third kappa shape index (κ3) is 5.19. The molecule has 0 radical (unpaired) electrons. The SMILES string of the molecule is Cc1ccc(C(=O)NCC2CCC(Nc3nccc(N(C)C)n3)CC2)c(F)c1F. The highest BCUT2D eigenvalue weighted by molar-refractivity contribution is 5.94. The van der Waals surface area contributed by atoms with Crippen LogP contribution in [0.15, 0.2) is 24.4 Å². The van der Waals surface area contributed by atoms with Crippen molar-refractivity contribution >= 4 is 17.7 Å². The summed E-state index contributed by atoms with van der Waals surface area (Å²) in [6, 6.07) is 4.87. The molecule has 29 heavy (non-hydrogen) atoms. The first-order chi connectivity index (χ1) is 13.8. The molecule has 1 saturated carbocycles. The van der Waals surface area contributed by atoms with Crippen LogP contribution < -0.4 is 15.5 Å². The first kappa shape index (κ1) is 21.0. The molecule has 3 rings (SSSR count). The number of carbonyl (C=O) groups excluding carboxylic acids is 1. The second-order valence-corrected chi connectivity index (χ2v) is 7.76. The van der Waals surface area contributed by atoms with Gasteiger partial charge in [-0.05, 0) is 56.2 Å². The van der Waals surface area contributed by atoms with Crippen molar-refractivity contribution in [3.63, 3.8) is 0 Å². The summed E-state index contributed by atoms with van der Waals surface area (Å²) >= 11 is 0. The van der Waals surface area contributed by atoms with Gasteiger partial charge in [0.15, 0.2) is 11.6 Å². The van der Waals surface area contributed by atoms with Gasteiger partial charge in [-0.25, -0.2) is 13.8 Å². The van der Waals surface area contributed by atoms with Crippen LogP contribution in [-0.4, -0.2) is 42.6 Å². The minimum Gasteiger partial charge on any atom is -0.363 e. The van der Waals surface area contributed by atoms with Gasteiger partial charge in [0.05, 0.1) is 5.56 Å². The molecular weight excluding hydrogens is 376 g/mol. The Morgan fingerprint density at radius 1 is 1.14 bits per heavy atom. The summed E-state index contributed by atoms with van der Waals surface area (Å²) in [6.45, 7) is 1.92. The molecule has 0 spiro atoms. The number of halogens is 2. The third-order valence-corrected chi connectivity index (χ3v) is 5.35. The Balaban J connectivity index is 1.47. The van der Waals surface area contributed by atoms with E-state index < -0.39 is 17.5 Å². The zero-order chi connectivity index (χ0) is 21.0. The van der Waals surface area contributed by atoms with Gasteiger partial charge < -0.3 is 15.5 Å². The molecule has 0 saturated heterocycles. The van der Waals surface area contributed by atoms with Crippen LogP contribution in [0.25, 0.3) is 0 Å². The summed E-state index contributed by atoms with van der Waals surface area (Å²) < 4.78 is 27.6. The predicted octanol–water partition coefficient (Wildman–Crippen LogP) is 3.53. The fraction of sp³-hybridized carbons (Fsp3) is 0.476. The third-order valence-electron chi connectivity index (χ3n) is 5.35. The van der Waals surface area contributed by atoms with Crippen LogP contribution in [0.5, 0.6) is 0 Å². The lowest BCUT2D eigenvalue weighted by molar-refractivity contribution is 0.0938. The molecule has 0 unspecified atom stereocenters. The molecule has 6 nitrogen and oxygen atoms in total. The van der Waals surface area contributed by atoms with Crippen molar-refractivity contribution in [1.29, 1.82) is 0 Å². The highest BCUT2D eigenvalue weighted by atomic mass is 19.2. The topological polar surface area (TPSA) is 70.2 Å². The Morgan fingerprint density at radius 3 is 2.55 bits per heavy atom. The molecule has 0 atom stereocenters. The molecule has 1 aromatic heterocycles. The van der Waals surface area contributed by atoms with Crippen molar-refractivity contribution in [3.8, 4) is 0 Å². The van der Waals surface area contributed by atoms with Gasteiger partial charge >= 0.3 is 0 Å². The van der Waals surface area contributed by atoms with E-state index in [4.69, 9.17) is 0 Å². The number of rotatable bonds is 6. The number of nitrogens with zero attached hydrogens (tertiary/aromatic N) is 3. The molecule has 0 bridgehead atoms. The van der Waals surface area contributed by atoms with Crippen LogP contribution in [0.2, 0.25) is 0 Å². The van der Waals surface area contributed by atoms with Crippen LogP contribution in [0.3, 0.4) is 0 Å². The first-order valence-electron chi connectivity index (χ1n) is 9.85. The Labute approximate surface area is 169 Å². The Kier molecular flexibility index (Phi) is 6.61. The Hall–Kier alpha value is -2.77. The van der Waals surface area contributed by atoms with Crippen LogP contribution >= 0.6 is 0 Å². The highest BCUT2D eigenvalue weighted by Gasteiger charge is 2.23. The van der Waals surface area contributed by atoms with Gasteiger partial charge in [-0.2, -0.15) is 4.98 Å². The van der Waals surface area contributed by atoms with Crippen LogP contribution in [-0.2, 0) is 0 Å². The monoisotopic (exact) mass is 403 g/mol. The summed E-state index contributed by atoms with van der Waals surface area (Å²) in [5, 5.41) is 6.12. The Morgan fingerprint density at radius 2 is 1.86 bits per heavy atom. The molecule has 1 heterocycles. The summed E-state index contributed by atoms with van der Waals surface area (Å²) in [6.07, 6.45) is 5.46. The van der Waals surface area contributed by atoms with E-state index >= 15 is 0 Å². The number of hydrogen-bond donors (Lipinski definition) is 2. The quantitative estimate of drug-likeness (QED) is 0.772. The average molecular weight is 403 g/mol. The number of amides is 1. The van der Waals surface area contributed by atoms with E-state index in [9.17, 15) is 13.6 Å². The molecule has 2 aromatic rings. The molecular formula is C21H27F2N5O. The lowest BCUT2D eigenvalue weighted by Gasteiger charge is -2.29. The van der Waals surface area contributed by atoms with Crippen molar-refractivity contribution in [1.82, 2.24) is 15.3 Å². The molecule has 1 amide bonds. The van der Waals surface area contributed by atoms with Gasteiger partial charge in [0.25, 0.3) is 5.91 Å². The molecule has 8 heteroatoms. The molecule has 1 aromatic carbocycles. The Bertz CT molecular complexity index is 866. The van der Waals surface area contributed by atoms with E-state index in [0.29, 0.717) is 18.4 Å². The molecule has 1 fully saturated rings. The summed E-state index contributed by atoms with van der Waals surface area (Å²) in [7, 11) is 3.87. The smallest absolute Gasteiger partial charge is 0.254 e. The van der Waals surface area contributed by atoms with Crippen molar-refractivity contribution in [2.24, 2.45) is 5.92 Å². The van der Waals surface area contributed by atoms with Gasteiger partial charge in [0.2, 0.25) is 5.95 Å². The maximum absolute atomic E-state index is 14.0. The van der Waals surface area contributed by atoms with Gasteiger partial charge in [-0.15, -0.1) is 0 Å². The van der Waals surface area contributed by atoms with Crippen LogP contribution in [0, 0.1) is 24.5 Å². The van der Waals surface area contributed by atoms with Crippen molar-refractivity contribution in [2.75, 3.05) is 30.9 Å². The number of benzene rings is 1. The van der Waals surface area contributed by atoms with E-state index in [0.717, 1.165) is 31.5 Å². The standard InChI is InChI=1S/C21H27F2N5O/c1-13-4-9-16(19(23)18(13)22)20(29)25-12-14-5-7-15(8-6-14)26-21-24-11-10-17(27-21)28(2)3/h4,9-11,14-15H,5-8,12H2,1-3H3,(H,25,29)(H,24,26,27). The maximum Gasteiger partial charge on any atom is 0.254 e. The highest BCUT2D eigenvalue weighted by Crippen LogP contribution is 2.26. The molecule has 156 valence electrons. The molecule has 0 aliphatic heterocycles. The van der Waals surface area contributed by atoms with Crippen molar-refractivity contribution in [2.45, 2.75) is 38.6 Å². The van der Waals surface area contributed by atoms with Gasteiger partial charge in [0, 0.05) is 32.9 Å². The van der Waals surface area contributed by atoms with Gasteiger partial charge in [-0.3, -0.25) is 4.79 Å². The average Bonchev–Trinajstić information content (AvgIpc) is 2.71. The fourth-order valence-electron chi connectivity index (χ4n) is 3.51. The van der Waals surface area contributed by atoms with E-state index in [-0.39, 0.29) is 17.2 Å².